The lowest BCUT2D eigenvalue weighted by molar-refractivity contribution is -0.120. The minimum atomic E-state index is 0.0201. The van der Waals surface area contributed by atoms with E-state index in [2.05, 4.69) is 20.6 Å². The number of nitrogens with two attached hydrogens (primary N) is 1. The number of anilines is 2. The number of hydrogen-bond acceptors (Lipinski definition) is 5. The Hall–Kier alpha value is -2.37. The molecule has 20 heavy (non-hydrogen) atoms. The summed E-state index contributed by atoms with van der Waals surface area (Å²) in [5.74, 6) is 0.885. The van der Waals surface area contributed by atoms with Crippen LogP contribution in [-0.2, 0) is 4.79 Å². The number of benzene rings is 1. The SMILES string of the molecule is CCCNC(=O)CCNc1nc2ccccc2nc1N. The fourth-order valence-electron chi connectivity index (χ4n) is 1.79. The average molecular weight is 273 g/mol. The number of amides is 1. The number of nitrogen functional groups attached to an aromatic ring is 1. The van der Waals surface area contributed by atoms with Crippen LogP contribution in [0, 0.1) is 0 Å². The molecule has 0 unspecified atom stereocenters. The van der Waals surface area contributed by atoms with Gasteiger partial charge in [-0.1, -0.05) is 19.1 Å². The van der Waals surface area contributed by atoms with E-state index in [1.807, 2.05) is 31.2 Å². The number of nitrogens with zero attached hydrogens (tertiary/aromatic N) is 2. The molecule has 2 rings (SSSR count). The molecule has 0 aliphatic carbocycles. The van der Waals surface area contributed by atoms with Gasteiger partial charge in [-0.05, 0) is 18.6 Å². The normalized spacial score (nSPS) is 10.4. The van der Waals surface area contributed by atoms with Crippen molar-refractivity contribution < 1.29 is 4.79 Å². The molecule has 0 bridgehead atoms. The zero-order chi connectivity index (χ0) is 14.4. The molecule has 1 aromatic heterocycles. The minimum Gasteiger partial charge on any atom is -0.381 e. The van der Waals surface area contributed by atoms with Crippen LogP contribution in [0.15, 0.2) is 24.3 Å². The van der Waals surface area contributed by atoms with E-state index in [0.29, 0.717) is 31.1 Å². The number of nitrogens with one attached hydrogen (secondary N) is 2. The van der Waals surface area contributed by atoms with Crippen molar-refractivity contribution in [2.24, 2.45) is 0 Å². The first-order valence-electron chi connectivity index (χ1n) is 6.73. The predicted octanol–water partition coefficient (Wildman–Crippen LogP) is 1.54. The summed E-state index contributed by atoms with van der Waals surface area (Å²) in [4.78, 5) is 20.1. The number of hydrogen-bond donors (Lipinski definition) is 3. The molecule has 0 spiro atoms. The Kier molecular flexibility index (Phi) is 4.70. The summed E-state index contributed by atoms with van der Waals surface area (Å²) >= 11 is 0. The van der Waals surface area contributed by atoms with Crippen molar-refractivity contribution in [3.8, 4) is 0 Å². The van der Waals surface area contributed by atoms with E-state index < -0.39 is 0 Å². The number of aromatic nitrogens is 2. The van der Waals surface area contributed by atoms with Crippen molar-refractivity contribution in [2.45, 2.75) is 19.8 Å². The van der Waals surface area contributed by atoms with Gasteiger partial charge in [0.1, 0.15) is 0 Å². The first-order chi connectivity index (χ1) is 9.70. The van der Waals surface area contributed by atoms with Crippen molar-refractivity contribution in [3.63, 3.8) is 0 Å². The first-order valence-corrected chi connectivity index (χ1v) is 6.73. The summed E-state index contributed by atoms with van der Waals surface area (Å²) in [5.41, 5.74) is 7.38. The molecule has 4 N–H and O–H groups in total. The third-order valence-electron chi connectivity index (χ3n) is 2.81. The van der Waals surface area contributed by atoms with Gasteiger partial charge in [-0.3, -0.25) is 4.79 Å². The van der Waals surface area contributed by atoms with E-state index in [9.17, 15) is 4.79 Å². The Morgan fingerprint density at radius 2 is 1.90 bits per heavy atom. The highest BCUT2D eigenvalue weighted by Crippen LogP contribution is 2.17. The molecule has 0 atom stereocenters. The van der Waals surface area contributed by atoms with E-state index in [4.69, 9.17) is 5.73 Å². The fourth-order valence-corrected chi connectivity index (χ4v) is 1.79. The lowest BCUT2D eigenvalue weighted by Crippen LogP contribution is -2.26. The monoisotopic (exact) mass is 273 g/mol. The Balaban J connectivity index is 1.96. The third-order valence-corrected chi connectivity index (χ3v) is 2.81. The van der Waals surface area contributed by atoms with Crippen LogP contribution in [0.2, 0.25) is 0 Å². The second-order valence-electron chi connectivity index (χ2n) is 4.47. The molecule has 0 aliphatic heterocycles. The van der Waals surface area contributed by atoms with Gasteiger partial charge in [0.2, 0.25) is 5.91 Å². The van der Waals surface area contributed by atoms with Gasteiger partial charge in [0.15, 0.2) is 11.6 Å². The van der Waals surface area contributed by atoms with Crippen LogP contribution in [0.4, 0.5) is 11.6 Å². The highest BCUT2D eigenvalue weighted by atomic mass is 16.1. The molecule has 6 nitrogen and oxygen atoms in total. The number of fused-ring (bicyclic) bond motifs is 1. The average Bonchev–Trinajstić information content (AvgIpc) is 2.45. The highest BCUT2D eigenvalue weighted by molar-refractivity contribution is 5.80. The van der Waals surface area contributed by atoms with Gasteiger partial charge in [0, 0.05) is 19.5 Å². The van der Waals surface area contributed by atoms with Crippen LogP contribution in [-0.4, -0.2) is 29.0 Å². The molecule has 0 radical (unpaired) electrons. The molecular formula is C14H19N5O. The smallest absolute Gasteiger partial charge is 0.221 e. The van der Waals surface area contributed by atoms with Gasteiger partial charge in [-0.2, -0.15) is 0 Å². The quantitative estimate of drug-likeness (QED) is 0.742. The van der Waals surface area contributed by atoms with Gasteiger partial charge >= 0.3 is 0 Å². The third kappa shape index (κ3) is 3.57. The van der Waals surface area contributed by atoms with Crippen molar-refractivity contribution >= 4 is 28.6 Å². The van der Waals surface area contributed by atoms with Gasteiger partial charge in [-0.25, -0.2) is 9.97 Å². The second kappa shape index (κ2) is 6.70. The molecule has 0 saturated heterocycles. The lowest BCUT2D eigenvalue weighted by Gasteiger charge is -2.09. The summed E-state index contributed by atoms with van der Waals surface area (Å²) in [5, 5.41) is 5.87. The zero-order valence-corrected chi connectivity index (χ0v) is 11.5. The number of carbonyl (C=O) groups is 1. The molecule has 1 amide bonds. The standard InChI is InChI=1S/C14H19N5O/c1-2-8-16-12(20)7-9-17-14-13(15)18-10-5-3-4-6-11(10)19-14/h3-6H,2,7-9H2,1H3,(H2,15,18)(H,16,20)(H,17,19). The van der Waals surface area contributed by atoms with Crippen molar-refractivity contribution in [3.05, 3.63) is 24.3 Å². The van der Waals surface area contributed by atoms with Crippen LogP contribution in [0.25, 0.3) is 11.0 Å². The van der Waals surface area contributed by atoms with E-state index in [-0.39, 0.29) is 5.91 Å². The topological polar surface area (TPSA) is 92.9 Å². The van der Waals surface area contributed by atoms with E-state index >= 15 is 0 Å². The van der Waals surface area contributed by atoms with Gasteiger partial charge in [-0.15, -0.1) is 0 Å². The fraction of sp³-hybridized carbons (Fsp3) is 0.357. The van der Waals surface area contributed by atoms with Crippen LogP contribution < -0.4 is 16.4 Å². The molecule has 0 aliphatic rings. The number of rotatable bonds is 6. The maximum Gasteiger partial charge on any atom is 0.221 e. The molecular weight excluding hydrogens is 254 g/mol. The maximum absolute atomic E-state index is 11.5. The maximum atomic E-state index is 11.5. The molecule has 0 saturated carbocycles. The van der Waals surface area contributed by atoms with Crippen LogP contribution in [0.1, 0.15) is 19.8 Å². The Morgan fingerprint density at radius 1 is 1.20 bits per heavy atom. The summed E-state index contributed by atoms with van der Waals surface area (Å²) in [7, 11) is 0. The van der Waals surface area contributed by atoms with Crippen LogP contribution in [0.5, 0.6) is 0 Å². The van der Waals surface area contributed by atoms with Crippen LogP contribution in [0.3, 0.4) is 0 Å². The van der Waals surface area contributed by atoms with E-state index in [1.165, 1.54) is 0 Å². The van der Waals surface area contributed by atoms with Gasteiger partial charge in [0.25, 0.3) is 0 Å². The summed E-state index contributed by atoms with van der Waals surface area (Å²) in [6, 6.07) is 7.53. The molecule has 106 valence electrons. The van der Waals surface area contributed by atoms with Crippen LogP contribution >= 0.6 is 0 Å². The number of carbonyl (C=O) groups excluding carboxylic acids is 1. The van der Waals surface area contributed by atoms with Gasteiger partial charge in [0.05, 0.1) is 11.0 Å². The van der Waals surface area contributed by atoms with E-state index in [0.717, 1.165) is 17.5 Å². The highest BCUT2D eigenvalue weighted by Gasteiger charge is 2.06. The molecule has 1 aromatic carbocycles. The summed E-state index contributed by atoms with van der Waals surface area (Å²) < 4.78 is 0. The van der Waals surface area contributed by atoms with Crippen molar-refractivity contribution in [2.75, 3.05) is 24.1 Å². The van der Waals surface area contributed by atoms with E-state index in [1.54, 1.807) is 0 Å². The van der Waals surface area contributed by atoms with Crippen molar-refractivity contribution in [1.29, 1.82) is 0 Å². The molecule has 2 aromatic rings. The lowest BCUT2D eigenvalue weighted by atomic mass is 10.3. The Labute approximate surface area is 117 Å². The molecule has 6 heteroatoms. The Morgan fingerprint density at radius 3 is 2.60 bits per heavy atom. The number of para-hydroxylation sites is 2. The second-order valence-corrected chi connectivity index (χ2v) is 4.47. The predicted molar refractivity (Wildman–Crippen MR) is 80.4 cm³/mol. The first kappa shape index (κ1) is 14.0. The largest absolute Gasteiger partial charge is 0.381 e. The van der Waals surface area contributed by atoms with Gasteiger partial charge < -0.3 is 16.4 Å². The Bertz CT molecular complexity index is 599. The minimum absolute atomic E-state index is 0.0201. The summed E-state index contributed by atoms with van der Waals surface area (Å²) in [6.45, 7) is 3.20. The summed E-state index contributed by atoms with van der Waals surface area (Å²) in [6.07, 6.45) is 1.32. The molecule has 1 heterocycles. The molecule has 0 fully saturated rings. The van der Waals surface area contributed by atoms with Crippen molar-refractivity contribution in [1.82, 2.24) is 15.3 Å². The zero-order valence-electron chi connectivity index (χ0n) is 11.5.